The second-order valence-corrected chi connectivity index (χ2v) is 11.7. The fourth-order valence-electron chi connectivity index (χ4n) is 4.60. The Morgan fingerprint density at radius 3 is 1.98 bits per heavy atom. The van der Waals surface area contributed by atoms with Crippen molar-refractivity contribution in [3.63, 3.8) is 0 Å². The molecule has 5 aromatic heterocycles. The Kier molecular flexibility index (Phi) is 11.1. The number of halogens is 3. The van der Waals surface area contributed by atoms with Crippen LogP contribution in [0.4, 0.5) is 36.7 Å². The standard InChI is InChI=1S/C18H18N6.C17H17F3N6/c1-12(2)22-18-23-16-15(4-3-9-20-16)17(24-18)21-11-14-7-5-13(10-19)6-8-14;1-10(2)24-16-25-12-4-3-7-21-14(12)15(26-16)23-9-11-5-6-13(22-8-11)17(18,19)20/h3-9,12H,11H2,1-2H3,(H2,20,21,22,23,24);3-8,10H,9H2,1-2H3,(H2,23,24,25,26). The van der Waals surface area contributed by atoms with Gasteiger partial charge in [-0.2, -0.15) is 33.4 Å². The third-order valence-electron chi connectivity index (χ3n) is 6.88. The first-order valence-corrected chi connectivity index (χ1v) is 15.8. The smallest absolute Gasteiger partial charge is 0.365 e. The zero-order valence-corrected chi connectivity index (χ0v) is 27.8. The summed E-state index contributed by atoms with van der Waals surface area (Å²) in [5.41, 5.74) is 3.30. The molecule has 0 spiro atoms. The van der Waals surface area contributed by atoms with Crippen molar-refractivity contribution in [2.24, 2.45) is 0 Å². The molecule has 0 aliphatic rings. The minimum Gasteiger partial charge on any atom is -0.365 e. The maximum absolute atomic E-state index is 12.6. The van der Waals surface area contributed by atoms with Gasteiger partial charge in [-0.1, -0.05) is 18.2 Å². The Hall–Kier alpha value is -6.17. The number of hydrogen-bond acceptors (Lipinski definition) is 12. The van der Waals surface area contributed by atoms with Crippen molar-refractivity contribution in [1.29, 1.82) is 5.26 Å². The van der Waals surface area contributed by atoms with Crippen molar-refractivity contribution < 1.29 is 13.2 Å². The number of hydrogen-bond donors (Lipinski definition) is 4. The average Bonchev–Trinajstić information content (AvgIpc) is 3.09. The zero-order chi connectivity index (χ0) is 35.7. The van der Waals surface area contributed by atoms with Crippen molar-refractivity contribution in [2.45, 2.75) is 59.0 Å². The average molecular weight is 681 g/mol. The summed E-state index contributed by atoms with van der Waals surface area (Å²) in [6.07, 6.45) is 0.0983. The second-order valence-electron chi connectivity index (χ2n) is 11.7. The van der Waals surface area contributed by atoms with Gasteiger partial charge >= 0.3 is 6.18 Å². The third-order valence-corrected chi connectivity index (χ3v) is 6.88. The molecule has 12 nitrogen and oxygen atoms in total. The van der Waals surface area contributed by atoms with Crippen LogP contribution in [0.25, 0.3) is 22.1 Å². The van der Waals surface area contributed by atoms with Gasteiger partial charge in [0.1, 0.15) is 17.0 Å². The molecule has 50 heavy (non-hydrogen) atoms. The lowest BCUT2D eigenvalue weighted by molar-refractivity contribution is -0.141. The largest absolute Gasteiger partial charge is 0.433 e. The molecule has 256 valence electrons. The van der Waals surface area contributed by atoms with Gasteiger partial charge in [0.05, 0.1) is 22.5 Å². The van der Waals surface area contributed by atoms with Crippen LogP contribution in [0.3, 0.4) is 0 Å². The van der Waals surface area contributed by atoms with E-state index in [9.17, 15) is 13.2 Å². The highest BCUT2D eigenvalue weighted by Gasteiger charge is 2.32. The zero-order valence-electron chi connectivity index (χ0n) is 27.8. The molecule has 15 heteroatoms. The molecule has 0 radical (unpaired) electrons. The Balaban J connectivity index is 0.000000195. The lowest BCUT2D eigenvalue weighted by atomic mass is 10.1. The number of pyridine rings is 3. The summed E-state index contributed by atoms with van der Waals surface area (Å²) in [5.74, 6) is 2.24. The van der Waals surface area contributed by atoms with Gasteiger partial charge in [-0.3, -0.25) is 9.97 Å². The predicted molar refractivity (Wildman–Crippen MR) is 187 cm³/mol. The Labute approximate surface area is 286 Å². The van der Waals surface area contributed by atoms with Gasteiger partial charge in [0.2, 0.25) is 11.9 Å². The highest BCUT2D eigenvalue weighted by molar-refractivity contribution is 5.87. The number of rotatable bonds is 10. The van der Waals surface area contributed by atoms with Gasteiger partial charge in [0.15, 0.2) is 11.5 Å². The Bertz CT molecular complexity index is 2080. The molecule has 0 saturated heterocycles. The first-order chi connectivity index (χ1) is 24.0. The van der Waals surface area contributed by atoms with Gasteiger partial charge in [0, 0.05) is 43.8 Å². The molecular formula is C35H35F3N12. The summed E-state index contributed by atoms with van der Waals surface area (Å²) in [6, 6.07) is 19.7. The summed E-state index contributed by atoms with van der Waals surface area (Å²) in [4.78, 5) is 29.9. The molecule has 0 atom stereocenters. The van der Waals surface area contributed by atoms with Crippen LogP contribution in [0, 0.1) is 11.3 Å². The maximum atomic E-state index is 12.6. The van der Waals surface area contributed by atoms with Crippen molar-refractivity contribution >= 4 is 45.6 Å². The Morgan fingerprint density at radius 2 is 1.32 bits per heavy atom. The molecule has 0 aliphatic carbocycles. The van der Waals surface area contributed by atoms with Crippen LogP contribution in [0.15, 0.2) is 79.3 Å². The van der Waals surface area contributed by atoms with Crippen LogP contribution in [0.1, 0.15) is 50.1 Å². The SMILES string of the molecule is CC(C)Nc1nc(NCc2ccc(C#N)cc2)c2cccnc2n1.CC(C)Nc1nc(NCc2ccc(C(F)(F)F)nc2)c2ncccc2n1. The lowest BCUT2D eigenvalue weighted by Gasteiger charge is -2.13. The number of anilines is 4. The van der Waals surface area contributed by atoms with E-state index >= 15 is 0 Å². The number of fused-ring (bicyclic) bond motifs is 2. The van der Waals surface area contributed by atoms with E-state index in [0.29, 0.717) is 52.1 Å². The van der Waals surface area contributed by atoms with Crippen molar-refractivity contribution in [3.8, 4) is 6.07 Å². The van der Waals surface area contributed by atoms with Crippen LogP contribution in [-0.2, 0) is 19.3 Å². The fourth-order valence-corrected chi connectivity index (χ4v) is 4.60. The molecule has 1 aromatic carbocycles. The number of alkyl halides is 3. The van der Waals surface area contributed by atoms with E-state index in [2.05, 4.69) is 62.2 Å². The summed E-state index contributed by atoms with van der Waals surface area (Å²) in [5, 5.41) is 22.5. The number of nitrogens with zero attached hydrogens (tertiary/aromatic N) is 8. The van der Waals surface area contributed by atoms with Crippen LogP contribution >= 0.6 is 0 Å². The number of aromatic nitrogens is 7. The van der Waals surface area contributed by atoms with Crippen LogP contribution in [-0.4, -0.2) is 47.0 Å². The van der Waals surface area contributed by atoms with Gasteiger partial charge in [-0.15, -0.1) is 0 Å². The summed E-state index contributed by atoms with van der Waals surface area (Å²) in [7, 11) is 0. The highest BCUT2D eigenvalue weighted by atomic mass is 19.4. The topological polar surface area (TPSA) is 162 Å². The summed E-state index contributed by atoms with van der Waals surface area (Å²) < 4.78 is 37.7. The first kappa shape index (κ1) is 35.1. The number of benzene rings is 1. The summed E-state index contributed by atoms with van der Waals surface area (Å²) >= 11 is 0. The van der Waals surface area contributed by atoms with Gasteiger partial charge < -0.3 is 21.3 Å². The molecule has 5 heterocycles. The monoisotopic (exact) mass is 680 g/mol. The van der Waals surface area contributed by atoms with Gasteiger partial charge in [-0.25, -0.2) is 9.97 Å². The maximum Gasteiger partial charge on any atom is 0.433 e. The minimum atomic E-state index is -4.45. The van der Waals surface area contributed by atoms with E-state index in [1.165, 1.54) is 12.3 Å². The lowest BCUT2D eigenvalue weighted by Crippen LogP contribution is -2.14. The quantitative estimate of drug-likeness (QED) is 0.115. The summed E-state index contributed by atoms with van der Waals surface area (Å²) in [6.45, 7) is 8.88. The molecule has 0 saturated carbocycles. The number of nitrogens with one attached hydrogen (secondary N) is 4. The molecule has 0 bridgehead atoms. The van der Waals surface area contributed by atoms with E-state index in [1.54, 1.807) is 18.5 Å². The van der Waals surface area contributed by atoms with Crippen LogP contribution in [0.5, 0.6) is 0 Å². The van der Waals surface area contributed by atoms with Crippen LogP contribution in [0.2, 0.25) is 0 Å². The predicted octanol–water partition coefficient (Wildman–Crippen LogP) is 7.20. The third kappa shape index (κ3) is 9.47. The van der Waals surface area contributed by atoms with Crippen molar-refractivity contribution in [3.05, 3.63) is 102 Å². The van der Waals surface area contributed by atoms with Gasteiger partial charge in [-0.05, 0) is 81.3 Å². The molecule has 0 amide bonds. The van der Waals surface area contributed by atoms with E-state index in [4.69, 9.17) is 5.26 Å². The second kappa shape index (κ2) is 15.8. The minimum absolute atomic E-state index is 0.149. The molecular weight excluding hydrogens is 645 g/mol. The van der Waals surface area contributed by atoms with E-state index in [0.717, 1.165) is 22.8 Å². The van der Waals surface area contributed by atoms with Gasteiger partial charge in [0.25, 0.3) is 0 Å². The van der Waals surface area contributed by atoms with E-state index in [1.807, 2.05) is 70.2 Å². The normalized spacial score (nSPS) is 11.2. The molecule has 0 unspecified atom stereocenters. The first-order valence-electron chi connectivity index (χ1n) is 15.8. The van der Waals surface area contributed by atoms with Crippen molar-refractivity contribution in [1.82, 2.24) is 34.9 Å². The highest BCUT2D eigenvalue weighted by Crippen LogP contribution is 2.27. The van der Waals surface area contributed by atoms with E-state index < -0.39 is 11.9 Å². The van der Waals surface area contributed by atoms with E-state index in [-0.39, 0.29) is 18.6 Å². The molecule has 0 aliphatic heterocycles. The molecule has 4 N–H and O–H groups in total. The van der Waals surface area contributed by atoms with Crippen LogP contribution < -0.4 is 21.3 Å². The number of nitriles is 1. The van der Waals surface area contributed by atoms with Crippen molar-refractivity contribution in [2.75, 3.05) is 21.3 Å². The Morgan fingerprint density at radius 1 is 0.700 bits per heavy atom. The molecule has 6 aromatic rings. The fraction of sp³-hybridized carbons (Fsp3) is 0.257. The molecule has 0 fully saturated rings. The molecule has 6 rings (SSSR count).